The van der Waals surface area contributed by atoms with Gasteiger partial charge in [0.15, 0.2) is 6.29 Å². The predicted molar refractivity (Wildman–Crippen MR) is 50.2 cm³/mol. The lowest BCUT2D eigenvalue weighted by atomic mass is 9.78. The SMILES string of the molecule is CCC1(CC)CC(CCO)OC1O. The van der Waals surface area contributed by atoms with E-state index in [1.807, 2.05) is 0 Å². The maximum Gasteiger partial charge on any atom is 0.160 e. The van der Waals surface area contributed by atoms with Gasteiger partial charge in [0.05, 0.1) is 6.10 Å². The smallest absolute Gasteiger partial charge is 0.160 e. The molecule has 1 fully saturated rings. The fraction of sp³-hybridized carbons (Fsp3) is 1.00. The Kier molecular flexibility index (Phi) is 3.71. The summed E-state index contributed by atoms with van der Waals surface area (Å²) in [5.41, 5.74) is -0.0696. The van der Waals surface area contributed by atoms with Gasteiger partial charge in [-0.2, -0.15) is 0 Å². The number of rotatable bonds is 4. The zero-order valence-electron chi connectivity index (χ0n) is 8.49. The molecule has 13 heavy (non-hydrogen) atoms. The first-order chi connectivity index (χ1) is 6.18. The van der Waals surface area contributed by atoms with Crippen LogP contribution in [0.1, 0.15) is 39.5 Å². The Balaban J connectivity index is 2.58. The van der Waals surface area contributed by atoms with Crippen molar-refractivity contribution in [3.8, 4) is 0 Å². The van der Waals surface area contributed by atoms with Gasteiger partial charge in [-0.05, 0) is 25.7 Å². The maximum absolute atomic E-state index is 9.73. The van der Waals surface area contributed by atoms with Gasteiger partial charge >= 0.3 is 0 Å². The Hall–Kier alpha value is -0.120. The zero-order chi connectivity index (χ0) is 9.90. The molecule has 0 aromatic carbocycles. The van der Waals surface area contributed by atoms with Crippen molar-refractivity contribution in [3.63, 3.8) is 0 Å². The molecule has 2 N–H and O–H groups in total. The summed E-state index contributed by atoms with van der Waals surface area (Å²) in [6.07, 6.45) is 2.79. The van der Waals surface area contributed by atoms with Crippen molar-refractivity contribution in [1.82, 2.24) is 0 Å². The van der Waals surface area contributed by atoms with E-state index < -0.39 is 6.29 Å². The maximum atomic E-state index is 9.73. The van der Waals surface area contributed by atoms with Crippen LogP contribution in [0, 0.1) is 5.41 Å². The Morgan fingerprint density at radius 1 is 1.38 bits per heavy atom. The molecule has 2 unspecified atom stereocenters. The Labute approximate surface area is 79.7 Å². The molecule has 1 aliphatic rings. The summed E-state index contributed by atoms with van der Waals surface area (Å²) in [6, 6.07) is 0. The van der Waals surface area contributed by atoms with Crippen LogP contribution in [-0.2, 0) is 4.74 Å². The molecule has 0 aliphatic carbocycles. The molecule has 0 spiro atoms. The molecule has 0 radical (unpaired) electrons. The van der Waals surface area contributed by atoms with E-state index in [4.69, 9.17) is 9.84 Å². The lowest BCUT2D eigenvalue weighted by Gasteiger charge is -2.27. The van der Waals surface area contributed by atoms with Crippen molar-refractivity contribution in [2.24, 2.45) is 5.41 Å². The molecule has 1 saturated heterocycles. The van der Waals surface area contributed by atoms with Crippen LogP contribution in [0.4, 0.5) is 0 Å². The summed E-state index contributed by atoms with van der Waals surface area (Å²) in [5.74, 6) is 0. The summed E-state index contributed by atoms with van der Waals surface area (Å²) < 4.78 is 5.40. The molecule has 0 aromatic rings. The first kappa shape index (κ1) is 11.0. The third kappa shape index (κ3) is 2.03. The highest BCUT2D eigenvalue weighted by Gasteiger charge is 2.44. The highest BCUT2D eigenvalue weighted by Crippen LogP contribution is 2.43. The number of hydrogen-bond acceptors (Lipinski definition) is 3. The van der Waals surface area contributed by atoms with E-state index in [2.05, 4.69) is 13.8 Å². The molecular weight excluding hydrogens is 168 g/mol. The Morgan fingerprint density at radius 3 is 2.38 bits per heavy atom. The van der Waals surface area contributed by atoms with Gasteiger partial charge in [-0.25, -0.2) is 0 Å². The van der Waals surface area contributed by atoms with E-state index in [0.29, 0.717) is 6.42 Å². The van der Waals surface area contributed by atoms with E-state index in [1.165, 1.54) is 0 Å². The minimum atomic E-state index is -0.640. The molecule has 0 saturated carbocycles. The second-order valence-corrected chi connectivity index (χ2v) is 3.90. The average molecular weight is 188 g/mol. The molecule has 78 valence electrons. The van der Waals surface area contributed by atoms with E-state index >= 15 is 0 Å². The number of hydrogen-bond donors (Lipinski definition) is 2. The molecule has 1 aliphatic heterocycles. The molecule has 1 heterocycles. The molecular formula is C10H20O3. The van der Waals surface area contributed by atoms with Gasteiger partial charge in [-0.3, -0.25) is 0 Å². The average Bonchev–Trinajstić information content (AvgIpc) is 2.44. The van der Waals surface area contributed by atoms with E-state index in [-0.39, 0.29) is 18.1 Å². The van der Waals surface area contributed by atoms with Crippen molar-refractivity contribution in [1.29, 1.82) is 0 Å². The van der Waals surface area contributed by atoms with Gasteiger partial charge in [0.1, 0.15) is 0 Å². The number of ether oxygens (including phenoxy) is 1. The molecule has 0 amide bonds. The van der Waals surface area contributed by atoms with Gasteiger partial charge in [0, 0.05) is 12.0 Å². The van der Waals surface area contributed by atoms with Gasteiger partial charge in [0.25, 0.3) is 0 Å². The van der Waals surface area contributed by atoms with E-state index in [0.717, 1.165) is 19.3 Å². The summed E-state index contributed by atoms with van der Waals surface area (Å²) in [6.45, 7) is 4.30. The molecule has 1 rings (SSSR count). The topological polar surface area (TPSA) is 49.7 Å². The summed E-state index contributed by atoms with van der Waals surface area (Å²) in [4.78, 5) is 0. The fourth-order valence-corrected chi connectivity index (χ4v) is 2.13. The van der Waals surface area contributed by atoms with Crippen LogP contribution in [0.15, 0.2) is 0 Å². The van der Waals surface area contributed by atoms with Crippen molar-refractivity contribution < 1.29 is 14.9 Å². The normalized spacial score (nSPS) is 32.3. The standard InChI is InChI=1S/C10H20O3/c1-3-10(4-2)7-8(5-6-11)13-9(10)12/h8-9,11-12H,3-7H2,1-2H3. The molecule has 3 heteroatoms. The lowest BCUT2D eigenvalue weighted by Crippen LogP contribution is -2.29. The summed E-state index contributed by atoms with van der Waals surface area (Å²) >= 11 is 0. The number of aliphatic hydroxyl groups is 2. The molecule has 0 aromatic heterocycles. The minimum Gasteiger partial charge on any atom is -0.396 e. The Bertz CT molecular complexity index is 154. The van der Waals surface area contributed by atoms with Crippen molar-refractivity contribution in [2.75, 3.05) is 6.61 Å². The highest BCUT2D eigenvalue weighted by molar-refractivity contribution is 4.88. The van der Waals surface area contributed by atoms with Crippen LogP contribution in [0.5, 0.6) is 0 Å². The van der Waals surface area contributed by atoms with Gasteiger partial charge in [-0.15, -0.1) is 0 Å². The summed E-state index contributed by atoms with van der Waals surface area (Å²) in [7, 11) is 0. The van der Waals surface area contributed by atoms with Gasteiger partial charge in [-0.1, -0.05) is 13.8 Å². The molecule has 3 nitrogen and oxygen atoms in total. The quantitative estimate of drug-likeness (QED) is 0.698. The predicted octanol–water partition coefficient (Wildman–Crippen LogP) is 1.28. The minimum absolute atomic E-state index is 0.0416. The van der Waals surface area contributed by atoms with Crippen LogP contribution in [0.25, 0.3) is 0 Å². The van der Waals surface area contributed by atoms with Crippen LogP contribution in [0.3, 0.4) is 0 Å². The van der Waals surface area contributed by atoms with Gasteiger partial charge in [0.2, 0.25) is 0 Å². The first-order valence-corrected chi connectivity index (χ1v) is 5.13. The van der Waals surface area contributed by atoms with Crippen LogP contribution in [0.2, 0.25) is 0 Å². The van der Waals surface area contributed by atoms with Crippen LogP contribution >= 0.6 is 0 Å². The van der Waals surface area contributed by atoms with Crippen molar-refractivity contribution in [2.45, 2.75) is 51.9 Å². The van der Waals surface area contributed by atoms with Gasteiger partial charge < -0.3 is 14.9 Å². The monoisotopic (exact) mass is 188 g/mol. The Morgan fingerprint density at radius 2 is 2.00 bits per heavy atom. The lowest BCUT2D eigenvalue weighted by molar-refractivity contribution is -0.139. The zero-order valence-corrected chi connectivity index (χ0v) is 8.49. The third-order valence-electron chi connectivity index (χ3n) is 3.34. The summed E-state index contributed by atoms with van der Waals surface area (Å²) in [5, 5.41) is 18.5. The third-order valence-corrected chi connectivity index (χ3v) is 3.34. The first-order valence-electron chi connectivity index (χ1n) is 5.13. The second-order valence-electron chi connectivity index (χ2n) is 3.90. The van der Waals surface area contributed by atoms with E-state index in [1.54, 1.807) is 0 Å². The largest absolute Gasteiger partial charge is 0.396 e. The van der Waals surface area contributed by atoms with Crippen molar-refractivity contribution in [3.05, 3.63) is 0 Å². The molecule has 2 atom stereocenters. The van der Waals surface area contributed by atoms with E-state index in [9.17, 15) is 5.11 Å². The number of aliphatic hydroxyl groups excluding tert-OH is 2. The molecule has 0 bridgehead atoms. The van der Waals surface area contributed by atoms with Crippen LogP contribution in [-0.4, -0.2) is 29.2 Å². The van der Waals surface area contributed by atoms with Crippen molar-refractivity contribution >= 4 is 0 Å². The highest BCUT2D eigenvalue weighted by atomic mass is 16.6. The fourth-order valence-electron chi connectivity index (χ4n) is 2.13. The second kappa shape index (κ2) is 4.40. The van der Waals surface area contributed by atoms with Crippen LogP contribution < -0.4 is 0 Å².